The number of aliphatic hydroxyl groups is 1. The van der Waals surface area contributed by atoms with Gasteiger partial charge in [0.05, 0.1) is 18.6 Å². The molecule has 0 aliphatic rings. The van der Waals surface area contributed by atoms with Crippen LogP contribution in [-0.4, -0.2) is 41.9 Å². The summed E-state index contributed by atoms with van der Waals surface area (Å²) in [5.41, 5.74) is -0.599. The molecule has 0 rings (SSSR count). The molecule has 0 aliphatic carbocycles. The average Bonchev–Trinajstić information content (AvgIpc) is 2.24. The van der Waals surface area contributed by atoms with E-state index in [1.165, 1.54) is 7.05 Å². The highest BCUT2D eigenvalue weighted by Gasteiger charge is 2.26. The number of alkyl carbamates (subject to hydrolysis) is 1. The van der Waals surface area contributed by atoms with Crippen molar-refractivity contribution in [3.63, 3.8) is 0 Å². The van der Waals surface area contributed by atoms with Gasteiger partial charge in [-0.2, -0.15) is 0 Å². The highest BCUT2D eigenvalue weighted by Crippen LogP contribution is 2.13. The summed E-state index contributed by atoms with van der Waals surface area (Å²) in [6.45, 7) is 9.27. The zero-order valence-electron chi connectivity index (χ0n) is 13.3. The molecular weight excluding hydrogens is 260 g/mol. The Morgan fingerprint density at radius 3 is 2.20 bits per heavy atom. The van der Waals surface area contributed by atoms with Gasteiger partial charge in [-0.05, 0) is 33.1 Å². The second-order valence-corrected chi connectivity index (χ2v) is 6.33. The molecule has 0 spiro atoms. The molecule has 2 atom stereocenters. The minimum atomic E-state index is -0.940. The lowest BCUT2D eigenvalue weighted by Crippen LogP contribution is -2.47. The van der Waals surface area contributed by atoms with E-state index in [2.05, 4.69) is 10.6 Å². The molecule has 0 aromatic rings. The zero-order chi connectivity index (χ0) is 15.9. The van der Waals surface area contributed by atoms with Crippen molar-refractivity contribution in [1.29, 1.82) is 0 Å². The maximum atomic E-state index is 11.8. The van der Waals surface area contributed by atoms with Crippen LogP contribution in [0.25, 0.3) is 0 Å². The number of nitrogens with one attached hydrogen (secondary N) is 2. The molecule has 118 valence electrons. The van der Waals surface area contributed by atoms with E-state index in [-0.39, 0.29) is 18.2 Å². The van der Waals surface area contributed by atoms with Crippen LogP contribution in [0.2, 0.25) is 0 Å². The molecule has 20 heavy (non-hydrogen) atoms. The number of hydrogen-bond acceptors (Lipinski definition) is 4. The lowest BCUT2D eigenvalue weighted by molar-refractivity contribution is -0.123. The second kappa shape index (κ2) is 8.09. The molecule has 0 fully saturated rings. The minimum absolute atomic E-state index is 0.0519. The summed E-state index contributed by atoms with van der Waals surface area (Å²) in [5, 5.41) is 15.2. The fourth-order valence-corrected chi connectivity index (χ4v) is 1.71. The number of hydrogen-bond donors (Lipinski definition) is 3. The first-order chi connectivity index (χ1) is 9.05. The van der Waals surface area contributed by atoms with Gasteiger partial charge in [-0.3, -0.25) is 4.79 Å². The summed E-state index contributed by atoms with van der Waals surface area (Å²) in [4.78, 5) is 23.1. The number of ether oxygens (including phenoxy) is 1. The van der Waals surface area contributed by atoms with E-state index < -0.39 is 23.8 Å². The van der Waals surface area contributed by atoms with Crippen LogP contribution in [0, 0.1) is 5.92 Å². The lowest BCUT2D eigenvalue weighted by Gasteiger charge is -2.27. The van der Waals surface area contributed by atoms with Crippen LogP contribution in [0.3, 0.4) is 0 Å². The van der Waals surface area contributed by atoms with E-state index >= 15 is 0 Å². The molecule has 2 amide bonds. The van der Waals surface area contributed by atoms with E-state index in [9.17, 15) is 14.7 Å². The maximum Gasteiger partial charge on any atom is 0.407 e. The topological polar surface area (TPSA) is 87.7 Å². The van der Waals surface area contributed by atoms with Crippen molar-refractivity contribution < 1.29 is 19.4 Å². The average molecular weight is 288 g/mol. The van der Waals surface area contributed by atoms with Gasteiger partial charge < -0.3 is 20.5 Å². The van der Waals surface area contributed by atoms with Crippen LogP contribution in [0.4, 0.5) is 4.79 Å². The molecule has 0 heterocycles. The normalized spacial score (nSPS) is 14.6. The molecule has 0 aromatic heterocycles. The van der Waals surface area contributed by atoms with Crippen molar-refractivity contribution in [3.8, 4) is 0 Å². The van der Waals surface area contributed by atoms with Crippen LogP contribution in [0.5, 0.6) is 0 Å². The number of amides is 2. The van der Waals surface area contributed by atoms with Gasteiger partial charge in [0.25, 0.3) is 0 Å². The molecule has 6 nitrogen and oxygen atoms in total. The number of carbonyl (C=O) groups excluding carboxylic acids is 2. The Kier molecular flexibility index (Phi) is 7.57. The van der Waals surface area contributed by atoms with E-state index in [0.717, 1.165) is 0 Å². The third-order valence-electron chi connectivity index (χ3n) is 2.57. The molecule has 0 aromatic carbocycles. The summed E-state index contributed by atoms with van der Waals surface area (Å²) < 4.78 is 5.17. The smallest absolute Gasteiger partial charge is 0.407 e. The highest BCUT2D eigenvalue weighted by molar-refractivity contribution is 5.76. The molecule has 0 aliphatic heterocycles. The maximum absolute atomic E-state index is 11.8. The van der Waals surface area contributed by atoms with Gasteiger partial charge in [-0.15, -0.1) is 0 Å². The first-order valence-corrected chi connectivity index (χ1v) is 6.93. The fraction of sp³-hybridized carbons (Fsp3) is 0.857. The second-order valence-electron chi connectivity index (χ2n) is 6.33. The number of rotatable bonds is 6. The summed E-state index contributed by atoms with van der Waals surface area (Å²) in [5.74, 6) is 0.00604. The Labute approximate surface area is 121 Å². The van der Waals surface area contributed by atoms with Gasteiger partial charge in [-0.25, -0.2) is 4.79 Å². The summed E-state index contributed by atoms with van der Waals surface area (Å²) in [6, 6.07) is -0.512. The Balaban J connectivity index is 4.63. The van der Waals surface area contributed by atoms with Crippen molar-refractivity contribution >= 4 is 12.0 Å². The number of carbonyl (C=O) groups is 2. The van der Waals surface area contributed by atoms with Gasteiger partial charge in [0.2, 0.25) is 5.91 Å². The van der Waals surface area contributed by atoms with Crippen LogP contribution in [0.1, 0.15) is 47.5 Å². The Morgan fingerprint density at radius 1 is 1.25 bits per heavy atom. The molecule has 0 saturated carbocycles. The Morgan fingerprint density at radius 2 is 1.80 bits per heavy atom. The summed E-state index contributed by atoms with van der Waals surface area (Å²) >= 11 is 0. The number of aliphatic hydroxyl groups excluding tert-OH is 1. The van der Waals surface area contributed by atoms with Crippen LogP contribution < -0.4 is 10.6 Å². The van der Waals surface area contributed by atoms with Crippen LogP contribution in [-0.2, 0) is 9.53 Å². The molecule has 6 heteroatoms. The molecule has 0 unspecified atom stereocenters. The van der Waals surface area contributed by atoms with Gasteiger partial charge in [0, 0.05) is 7.05 Å². The first kappa shape index (κ1) is 18.7. The first-order valence-electron chi connectivity index (χ1n) is 6.93. The summed E-state index contributed by atoms with van der Waals surface area (Å²) in [7, 11) is 1.51. The predicted molar refractivity (Wildman–Crippen MR) is 77.3 cm³/mol. The standard InChI is InChI=1S/C14H28N2O4/c1-9(2)7-10(11(17)8-12(18)15-6)16-13(19)20-14(3,4)5/h9-11,17H,7-8H2,1-6H3,(H,15,18)(H,16,19)/t10-,11-/m0/s1. The third kappa shape index (κ3) is 8.74. The fourth-order valence-electron chi connectivity index (χ4n) is 1.71. The molecule has 0 radical (unpaired) electrons. The summed E-state index contributed by atoms with van der Waals surface area (Å²) in [6.07, 6.45) is -1.01. The van der Waals surface area contributed by atoms with Crippen molar-refractivity contribution in [2.24, 2.45) is 5.92 Å². The molecule has 0 saturated heterocycles. The van der Waals surface area contributed by atoms with Crippen molar-refractivity contribution in [2.75, 3.05) is 7.05 Å². The van der Waals surface area contributed by atoms with Crippen LogP contribution in [0.15, 0.2) is 0 Å². The monoisotopic (exact) mass is 288 g/mol. The van der Waals surface area contributed by atoms with Crippen LogP contribution >= 0.6 is 0 Å². The van der Waals surface area contributed by atoms with Gasteiger partial charge in [0.1, 0.15) is 5.60 Å². The van der Waals surface area contributed by atoms with Gasteiger partial charge in [-0.1, -0.05) is 13.8 Å². The molecule has 3 N–H and O–H groups in total. The molecular formula is C14H28N2O4. The van der Waals surface area contributed by atoms with Gasteiger partial charge >= 0.3 is 6.09 Å². The van der Waals surface area contributed by atoms with Gasteiger partial charge in [0.15, 0.2) is 0 Å². The van der Waals surface area contributed by atoms with Crippen molar-refractivity contribution in [1.82, 2.24) is 10.6 Å². The van der Waals surface area contributed by atoms with Crippen molar-refractivity contribution in [3.05, 3.63) is 0 Å². The van der Waals surface area contributed by atoms with Crippen molar-refractivity contribution in [2.45, 2.75) is 65.2 Å². The lowest BCUT2D eigenvalue weighted by atomic mass is 9.97. The Hall–Kier alpha value is -1.30. The van der Waals surface area contributed by atoms with E-state index in [0.29, 0.717) is 6.42 Å². The highest BCUT2D eigenvalue weighted by atomic mass is 16.6. The quantitative estimate of drug-likeness (QED) is 0.690. The Bertz CT molecular complexity index is 324. The zero-order valence-corrected chi connectivity index (χ0v) is 13.3. The van der Waals surface area contributed by atoms with E-state index in [4.69, 9.17) is 4.74 Å². The molecule has 0 bridgehead atoms. The SMILES string of the molecule is CNC(=O)C[C@H](O)[C@H](CC(C)C)NC(=O)OC(C)(C)C. The largest absolute Gasteiger partial charge is 0.444 e. The minimum Gasteiger partial charge on any atom is -0.444 e. The van der Waals surface area contributed by atoms with E-state index in [1.807, 2.05) is 13.8 Å². The predicted octanol–water partition coefficient (Wildman–Crippen LogP) is 1.42. The van der Waals surface area contributed by atoms with E-state index in [1.54, 1.807) is 20.8 Å². The third-order valence-corrected chi connectivity index (χ3v) is 2.57.